The number of aryl methyl sites for hydroxylation is 1. The number of H-pyrrole nitrogens is 1. The summed E-state index contributed by atoms with van der Waals surface area (Å²) in [6.45, 7) is 1.85. The topological polar surface area (TPSA) is 160 Å². The molecule has 0 aliphatic rings. The molecule has 4 rings (SSSR count). The van der Waals surface area contributed by atoms with Crippen LogP contribution < -0.4 is 21.5 Å². The van der Waals surface area contributed by atoms with Crippen LogP contribution in [0, 0.1) is 12.3 Å². The first kappa shape index (κ1) is 20.7. The number of nitrogens with one attached hydrogen (secondary N) is 3. The van der Waals surface area contributed by atoms with E-state index in [0.717, 1.165) is 21.6 Å². The maximum Gasteiger partial charge on any atom is 0.350 e. The quantitative estimate of drug-likeness (QED) is 0.253. The summed E-state index contributed by atoms with van der Waals surface area (Å²) < 4.78 is 6.42. The molecule has 3 aromatic heterocycles. The zero-order chi connectivity index (χ0) is 22.7. The Hall–Kier alpha value is -4.54. The van der Waals surface area contributed by atoms with Gasteiger partial charge in [0.25, 0.3) is 5.95 Å². The van der Waals surface area contributed by atoms with E-state index in [1.807, 2.05) is 13.0 Å². The minimum Gasteiger partial charge on any atom is -0.481 e. The average molecular weight is 431 g/mol. The van der Waals surface area contributed by atoms with Gasteiger partial charge in [-0.05, 0) is 48.9 Å². The molecule has 32 heavy (non-hydrogen) atoms. The molecule has 0 saturated carbocycles. The third-order valence-corrected chi connectivity index (χ3v) is 4.65. The van der Waals surface area contributed by atoms with E-state index in [1.165, 1.54) is 19.5 Å². The van der Waals surface area contributed by atoms with Crippen molar-refractivity contribution >= 4 is 11.5 Å². The molecular formula is C21H21N9O2. The molecule has 0 saturated heterocycles. The predicted octanol–water partition coefficient (Wildman–Crippen LogP) is 1.55. The molecule has 1 atom stereocenters. The van der Waals surface area contributed by atoms with Crippen LogP contribution in [0.3, 0.4) is 0 Å². The van der Waals surface area contributed by atoms with Crippen LogP contribution in [0.5, 0.6) is 5.88 Å². The second kappa shape index (κ2) is 8.68. The van der Waals surface area contributed by atoms with E-state index in [4.69, 9.17) is 15.9 Å². The van der Waals surface area contributed by atoms with Gasteiger partial charge < -0.3 is 15.8 Å². The summed E-state index contributed by atoms with van der Waals surface area (Å²) in [5, 5.41) is 15.4. The first-order valence-electron chi connectivity index (χ1n) is 9.65. The summed E-state index contributed by atoms with van der Waals surface area (Å²) in [6, 6.07) is 11.8. The lowest BCUT2D eigenvalue weighted by atomic mass is 10.1. The average Bonchev–Trinajstić information content (AvgIpc) is 3.19. The van der Waals surface area contributed by atoms with Crippen molar-refractivity contribution in [2.24, 2.45) is 5.73 Å². The molecule has 3 heterocycles. The number of nitrogens with two attached hydrogens (primary N) is 1. The standard InChI is InChI=1S/C21H21N9O2/c1-12-10-14(11-16(26-12)32-2)17(27-15-6-4-13(5-7-15)18(22)23)19-28-21(31)30(29-19)20-24-8-3-9-25-20/h3-11,17,27H,1-2H3,(H3,22,23)(H,28,29,31)/t17-/m0/s1. The highest BCUT2D eigenvalue weighted by Crippen LogP contribution is 2.27. The Labute approximate surface area is 182 Å². The maximum atomic E-state index is 12.6. The fourth-order valence-electron chi connectivity index (χ4n) is 3.16. The van der Waals surface area contributed by atoms with Crippen LogP contribution in [0.1, 0.15) is 28.7 Å². The zero-order valence-electron chi connectivity index (χ0n) is 17.4. The van der Waals surface area contributed by atoms with Crippen molar-refractivity contribution < 1.29 is 4.74 Å². The summed E-state index contributed by atoms with van der Waals surface area (Å²) in [7, 11) is 1.54. The number of benzene rings is 1. The number of anilines is 1. The van der Waals surface area contributed by atoms with Crippen LogP contribution in [0.4, 0.5) is 5.69 Å². The van der Waals surface area contributed by atoms with Crippen molar-refractivity contribution in [3.8, 4) is 11.8 Å². The van der Waals surface area contributed by atoms with Crippen molar-refractivity contribution in [3.05, 3.63) is 88.0 Å². The Bertz CT molecular complexity index is 1300. The van der Waals surface area contributed by atoms with Gasteiger partial charge in [0.05, 0.1) is 7.11 Å². The van der Waals surface area contributed by atoms with Gasteiger partial charge in [-0.1, -0.05) is 0 Å². The number of rotatable bonds is 7. The summed E-state index contributed by atoms with van der Waals surface area (Å²) in [5.74, 6) is 0.930. The van der Waals surface area contributed by atoms with Crippen LogP contribution in [0.2, 0.25) is 0 Å². The number of nitrogen functional groups attached to an aromatic ring is 1. The van der Waals surface area contributed by atoms with Crippen molar-refractivity contribution in [1.82, 2.24) is 29.7 Å². The number of methoxy groups -OCH3 is 1. The van der Waals surface area contributed by atoms with Crippen molar-refractivity contribution in [1.29, 1.82) is 5.41 Å². The van der Waals surface area contributed by atoms with Crippen LogP contribution in [-0.2, 0) is 0 Å². The highest BCUT2D eigenvalue weighted by atomic mass is 16.5. The third-order valence-electron chi connectivity index (χ3n) is 4.65. The van der Waals surface area contributed by atoms with E-state index in [1.54, 1.807) is 36.4 Å². The molecule has 0 aliphatic carbocycles. The smallest absolute Gasteiger partial charge is 0.350 e. The molecule has 162 valence electrons. The van der Waals surface area contributed by atoms with Gasteiger partial charge in [-0.2, -0.15) is 0 Å². The molecule has 0 spiro atoms. The minimum absolute atomic E-state index is 0.0199. The number of amidine groups is 1. The Morgan fingerprint density at radius 2 is 1.94 bits per heavy atom. The molecule has 4 aromatic rings. The third kappa shape index (κ3) is 4.31. The van der Waals surface area contributed by atoms with Crippen molar-refractivity contribution in [2.75, 3.05) is 12.4 Å². The van der Waals surface area contributed by atoms with Crippen molar-refractivity contribution in [2.45, 2.75) is 13.0 Å². The van der Waals surface area contributed by atoms with Gasteiger partial charge in [-0.15, -0.1) is 9.78 Å². The van der Waals surface area contributed by atoms with E-state index < -0.39 is 11.7 Å². The van der Waals surface area contributed by atoms with Crippen LogP contribution in [-0.4, -0.2) is 42.7 Å². The number of hydrogen-bond acceptors (Lipinski definition) is 8. The molecule has 0 bridgehead atoms. The van der Waals surface area contributed by atoms with Gasteiger partial charge in [-0.25, -0.2) is 19.7 Å². The van der Waals surface area contributed by atoms with Crippen LogP contribution in [0.15, 0.2) is 59.7 Å². The Balaban J connectivity index is 1.78. The lowest BCUT2D eigenvalue weighted by Gasteiger charge is -2.19. The Morgan fingerprint density at radius 3 is 2.59 bits per heavy atom. The molecule has 5 N–H and O–H groups in total. The normalized spacial score (nSPS) is 11.7. The molecule has 0 fully saturated rings. The fourth-order valence-corrected chi connectivity index (χ4v) is 3.16. The van der Waals surface area contributed by atoms with Gasteiger partial charge in [0.2, 0.25) is 5.88 Å². The summed E-state index contributed by atoms with van der Waals surface area (Å²) in [5.41, 5.74) is 7.94. The monoisotopic (exact) mass is 431 g/mol. The number of aromatic nitrogens is 6. The van der Waals surface area contributed by atoms with Gasteiger partial charge in [0, 0.05) is 35.4 Å². The second-order valence-corrected chi connectivity index (χ2v) is 6.93. The predicted molar refractivity (Wildman–Crippen MR) is 118 cm³/mol. The molecule has 0 aliphatic heterocycles. The van der Waals surface area contributed by atoms with Crippen LogP contribution in [0.25, 0.3) is 5.95 Å². The molecular weight excluding hydrogens is 410 g/mol. The molecule has 0 amide bonds. The zero-order valence-corrected chi connectivity index (χ0v) is 17.4. The fraction of sp³-hybridized carbons (Fsp3) is 0.143. The van der Waals surface area contributed by atoms with Gasteiger partial charge in [0.1, 0.15) is 11.9 Å². The molecule has 11 nitrogen and oxygen atoms in total. The number of ether oxygens (including phenoxy) is 1. The summed E-state index contributed by atoms with van der Waals surface area (Å²) in [4.78, 5) is 27.9. The van der Waals surface area contributed by atoms with Gasteiger partial charge >= 0.3 is 5.69 Å². The van der Waals surface area contributed by atoms with E-state index in [0.29, 0.717) is 17.3 Å². The number of nitrogens with zero attached hydrogens (tertiary/aromatic N) is 5. The van der Waals surface area contributed by atoms with Crippen molar-refractivity contribution in [3.63, 3.8) is 0 Å². The first-order valence-corrected chi connectivity index (χ1v) is 9.65. The van der Waals surface area contributed by atoms with Gasteiger partial charge in [-0.3, -0.25) is 10.4 Å². The van der Waals surface area contributed by atoms with Crippen LogP contribution >= 0.6 is 0 Å². The van der Waals surface area contributed by atoms with E-state index in [2.05, 4.69) is 30.4 Å². The molecule has 1 aromatic carbocycles. The summed E-state index contributed by atoms with van der Waals surface area (Å²) in [6.07, 6.45) is 3.07. The van der Waals surface area contributed by atoms with E-state index in [9.17, 15) is 4.79 Å². The molecule has 11 heteroatoms. The van der Waals surface area contributed by atoms with Gasteiger partial charge in [0.15, 0.2) is 5.82 Å². The number of pyridine rings is 1. The second-order valence-electron chi connectivity index (χ2n) is 6.93. The lowest BCUT2D eigenvalue weighted by molar-refractivity contribution is 0.396. The highest BCUT2D eigenvalue weighted by molar-refractivity contribution is 5.95. The largest absolute Gasteiger partial charge is 0.481 e. The Morgan fingerprint density at radius 1 is 1.22 bits per heavy atom. The van der Waals surface area contributed by atoms with E-state index >= 15 is 0 Å². The maximum absolute atomic E-state index is 12.6. The highest BCUT2D eigenvalue weighted by Gasteiger charge is 2.22. The SMILES string of the molecule is COc1cc([C@H](Nc2ccc(C(=N)N)cc2)c2nn(-c3ncccn3)c(=O)[nH]2)cc(C)n1. The van der Waals surface area contributed by atoms with E-state index in [-0.39, 0.29) is 11.8 Å². The minimum atomic E-state index is -0.550. The molecule has 0 radical (unpaired) electrons. The summed E-state index contributed by atoms with van der Waals surface area (Å²) >= 11 is 0. The molecule has 0 unspecified atom stereocenters. The first-order chi connectivity index (χ1) is 15.4. The number of aromatic amines is 1. The number of hydrogen-bond donors (Lipinski definition) is 4. The Kier molecular flexibility index (Phi) is 5.62. The lowest BCUT2D eigenvalue weighted by Crippen LogP contribution is -2.18.